The molecule has 1 saturated carbocycles. The minimum absolute atomic E-state index is 0.304. The largest absolute Gasteiger partial charge is 0.409 e. The van der Waals surface area contributed by atoms with Gasteiger partial charge in [-0.3, -0.25) is 0 Å². The predicted molar refractivity (Wildman–Crippen MR) is 57.5 cm³/mol. The minimum Gasteiger partial charge on any atom is -0.409 e. The smallest absolute Gasteiger partial charge is 0.140 e. The molecule has 0 aliphatic heterocycles. The Morgan fingerprint density at radius 1 is 1.36 bits per heavy atom. The van der Waals surface area contributed by atoms with Crippen LogP contribution in [0.2, 0.25) is 0 Å². The third-order valence-corrected chi connectivity index (χ3v) is 2.89. The lowest BCUT2D eigenvalue weighted by atomic mass is 10.0. The van der Waals surface area contributed by atoms with Crippen LogP contribution in [0.4, 0.5) is 0 Å². The fourth-order valence-corrected chi connectivity index (χ4v) is 2.00. The van der Waals surface area contributed by atoms with E-state index in [-0.39, 0.29) is 0 Å². The number of hydrogen-bond donors (Lipinski definition) is 3. The molecule has 1 fully saturated rings. The van der Waals surface area contributed by atoms with Gasteiger partial charge >= 0.3 is 0 Å². The maximum absolute atomic E-state index is 8.30. The van der Waals surface area contributed by atoms with Crippen LogP contribution >= 0.6 is 0 Å². The van der Waals surface area contributed by atoms with Gasteiger partial charge < -0.3 is 16.3 Å². The van der Waals surface area contributed by atoms with Gasteiger partial charge in [-0.2, -0.15) is 0 Å². The van der Waals surface area contributed by atoms with Crippen molar-refractivity contribution in [2.45, 2.75) is 38.5 Å². The highest BCUT2D eigenvalue weighted by atomic mass is 16.4. The van der Waals surface area contributed by atoms with Crippen LogP contribution in [-0.4, -0.2) is 24.1 Å². The first kappa shape index (κ1) is 11.3. The molecule has 0 unspecified atom stereocenters. The summed E-state index contributed by atoms with van der Waals surface area (Å²) in [4.78, 5) is 0. The van der Waals surface area contributed by atoms with Gasteiger partial charge in [0.05, 0.1) is 0 Å². The van der Waals surface area contributed by atoms with Crippen molar-refractivity contribution in [3.63, 3.8) is 0 Å². The molecule has 1 aliphatic carbocycles. The molecule has 4 nitrogen and oxygen atoms in total. The Kier molecular flexibility index (Phi) is 5.37. The normalized spacial score (nSPS) is 19.0. The van der Waals surface area contributed by atoms with Crippen LogP contribution in [0.25, 0.3) is 0 Å². The van der Waals surface area contributed by atoms with Gasteiger partial charge in [0.2, 0.25) is 0 Å². The van der Waals surface area contributed by atoms with E-state index in [2.05, 4.69) is 10.5 Å². The molecule has 1 rings (SSSR count). The summed E-state index contributed by atoms with van der Waals surface area (Å²) in [7, 11) is 0. The van der Waals surface area contributed by atoms with Crippen LogP contribution in [-0.2, 0) is 0 Å². The summed E-state index contributed by atoms with van der Waals surface area (Å²) in [5.41, 5.74) is 5.34. The predicted octanol–water partition coefficient (Wildman–Crippen LogP) is 1.29. The first-order valence-electron chi connectivity index (χ1n) is 5.50. The highest BCUT2D eigenvalue weighted by molar-refractivity contribution is 5.79. The lowest BCUT2D eigenvalue weighted by Crippen LogP contribution is -2.24. The fourth-order valence-electron chi connectivity index (χ4n) is 2.00. The monoisotopic (exact) mass is 199 g/mol. The molecule has 0 aromatic rings. The fraction of sp³-hybridized carbons (Fsp3) is 0.900. The van der Waals surface area contributed by atoms with E-state index >= 15 is 0 Å². The molecule has 0 spiro atoms. The topological polar surface area (TPSA) is 70.6 Å². The van der Waals surface area contributed by atoms with Crippen LogP contribution in [0.15, 0.2) is 5.16 Å². The number of nitrogens with zero attached hydrogens (tertiary/aromatic N) is 1. The molecule has 0 radical (unpaired) electrons. The minimum atomic E-state index is 0.304. The summed E-state index contributed by atoms with van der Waals surface area (Å²) in [6.07, 6.45) is 7.53. The SMILES string of the molecule is NC(CCNCCC1CCCC1)=NO. The first-order valence-corrected chi connectivity index (χ1v) is 5.50. The van der Waals surface area contributed by atoms with E-state index in [1.807, 2.05) is 0 Å². The molecule has 0 saturated heterocycles. The van der Waals surface area contributed by atoms with Crippen LogP contribution in [0, 0.1) is 5.92 Å². The van der Waals surface area contributed by atoms with Crippen molar-refractivity contribution in [1.82, 2.24) is 5.32 Å². The lowest BCUT2D eigenvalue weighted by Gasteiger charge is -2.09. The van der Waals surface area contributed by atoms with Crippen LogP contribution in [0.3, 0.4) is 0 Å². The average Bonchev–Trinajstić information content (AvgIpc) is 2.69. The molecule has 0 aromatic carbocycles. The van der Waals surface area contributed by atoms with E-state index in [1.54, 1.807) is 0 Å². The van der Waals surface area contributed by atoms with Crippen molar-refractivity contribution >= 4 is 5.84 Å². The molecule has 0 heterocycles. The molecule has 14 heavy (non-hydrogen) atoms. The van der Waals surface area contributed by atoms with Crippen molar-refractivity contribution in [2.24, 2.45) is 16.8 Å². The summed E-state index contributed by atoms with van der Waals surface area (Å²) in [6.45, 7) is 1.87. The van der Waals surface area contributed by atoms with Gasteiger partial charge in [0.25, 0.3) is 0 Å². The zero-order chi connectivity index (χ0) is 10.2. The van der Waals surface area contributed by atoms with E-state index in [0.29, 0.717) is 12.3 Å². The third kappa shape index (κ3) is 4.46. The molecular formula is C10H21N3O. The molecule has 4 heteroatoms. The highest BCUT2D eigenvalue weighted by Gasteiger charge is 2.13. The maximum atomic E-state index is 8.30. The number of hydrogen-bond acceptors (Lipinski definition) is 3. The first-order chi connectivity index (χ1) is 6.83. The molecule has 4 N–H and O–H groups in total. The molecule has 0 amide bonds. The Balaban J connectivity index is 1.89. The van der Waals surface area contributed by atoms with E-state index < -0.39 is 0 Å². The van der Waals surface area contributed by atoms with E-state index in [0.717, 1.165) is 19.0 Å². The second-order valence-electron chi connectivity index (χ2n) is 4.03. The zero-order valence-electron chi connectivity index (χ0n) is 8.71. The van der Waals surface area contributed by atoms with Gasteiger partial charge in [-0.05, 0) is 18.9 Å². The van der Waals surface area contributed by atoms with Crippen molar-refractivity contribution in [3.8, 4) is 0 Å². The van der Waals surface area contributed by atoms with E-state index in [1.165, 1.54) is 32.1 Å². The molecule has 0 atom stereocenters. The third-order valence-electron chi connectivity index (χ3n) is 2.89. The maximum Gasteiger partial charge on any atom is 0.140 e. The summed E-state index contributed by atoms with van der Waals surface area (Å²) in [5, 5.41) is 14.5. The average molecular weight is 199 g/mol. The number of rotatable bonds is 6. The van der Waals surface area contributed by atoms with E-state index in [4.69, 9.17) is 10.9 Å². The summed E-state index contributed by atoms with van der Waals surface area (Å²) < 4.78 is 0. The molecular weight excluding hydrogens is 178 g/mol. The Bertz CT molecular complexity index is 176. The summed E-state index contributed by atoms with van der Waals surface area (Å²) in [6, 6.07) is 0. The number of nitrogens with two attached hydrogens (primary N) is 1. The van der Waals surface area contributed by atoms with Gasteiger partial charge in [-0.25, -0.2) is 0 Å². The van der Waals surface area contributed by atoms with Gasteiger partial charge in [0.1, 0.15) is 5.84 Å². The number of nitrogens with one attached hydrogen (secondary N) is 1. The van der Waals surface area contributed by atoms with Gasteiger partial charge in [-0.1, -0.05) is 30.8 Å². The Hall–Kier alpha value is -0.770. The highest BCUT2D eigenvalue weighted by Crippen LogP contribution is 2.26. The Morgan fingerprint density at radius 2 is 2.07 bits per heavy atom. The van der Waals surface area contributed by atoms with Gasteiger partial charge in [-0.15, -0.1) is 0 Å². The van der Waals surface area contributed by atoms with Gasteiger partial charge in [0.15, 0.2) is 0 Å². The van der Waals surface area contributed by atoms with E-state index in [9.17, 15) is 0 Å². The second kappa shape index (κ2) is 6.65. The Labute approximate surface area is 85.6 Å². The zero-order valence-corrected chi connectivity index (χ0v) is 8.71. The van der Waals surface area contributed by atoms with Crippen LogP contribution in [0.1, 0.15) is 38.5 Å². The lowest BCUT2D eigenvalue weighted by molar-refractivity contribution is 0.316. The Morgan fingerprint density at radius 3 is 2.71 bits per heavy atom. The quantitative estimate of drug-likeness (QED) is 0.198. The standard InChI is InChI=1S/C10H21N3O/c11-10(13-14)6-8-12-7-5-9-3-1-2-4-9/h9,12,14H,1-8H2,(H2,11,13). The van der Waals surface area contributed by atoms with Crippen LogP contribution < -0.4 is 11.1 Å². The number of amidine groups is 1. The molecule has 0 bridgehead atoms. The summed E-state index contributed by atoms with van der Waals surface area (Å²) >= 11 is 0. The van der Waals surface area contributed by atoms with Gasteiger partial charge in [0, 0.05) is 13.0 Å². The van der Waals surface area contributed by atoms with Crippen molar-refractivity contribution in [3.05, 3.63) is 0 Å². The molecule has 0 aromatic heterocycles. The van der Waals surface area contributed by atoms with Crippen molar-refractivity contribution < 1.29 is 5.21 Å². The second-order valence-corrected chi connectivity index (χ2v) is 4.03. The van der Waals surface area contributed by atoms with Crippen molar-refractivity contribution in [2.75, 3.05) is 13.1 Å². The number of oxime groups is 1. The summed E-state index contributed by atoms with van der Waals surface area (Å²) in [5.74, 6) is 1.24. The van der Waals surface area contributed by atoms with Crippen molar-refractivity contribution in [1.29, 1.82) is 0 Å². The van der Waals surface area contributed by atoms with Crippen LogP contribution in [0.5, 0.6) is 0 Å². The molecule has 1 aliphatic rings. The molecule has 82 valence electrons.